The molecule has 5 atom stereocenters. The number of aliphatic hydroxyl groups is 1. The van der Waals surface area contributed by atoms with Crippen LogP contribution in [0.15, 0.2) is 48.5 Å². The average Bonchev–Trinajstić information content (AvgIpc) is 3.52. The monoisotopic (exact) mass is 580 g/mol. The second-order valence-corrected chi connectivity index (χ2v) is 13.0. The van der Waals surface area contributed by atoms with Crippen molar-refractivity contribution in [2.24, 2.45) is 11.8 Å². The summed E-state index contributed by atoms with van der Waals surface area (Å²) in [5, 5.41) is 15.9. The predicted molar refractivity (Wildman–Crippen MR) is 162 cm³/mol. The molecule has 5 rings (SSSR count). The summed E-state index contributed by atoms with van der Waals surface area (Å²) in [5.41, 5.74) is 2.35. The summed E-state index contributed by atoms with van der Waals surface area (Å²) in [7, 11) is 0. The SMILES string of the molecule is CCOc1ccc(NC(=O)[C@@H]2[C@H]3C(=O)N(CCO)C(C(=O)Nc4ccc(N(CC)CC)cc4)C34CC[C@@]2(C)S4)cc1. The molecule has 220 valence electrons. The molecule has 3 N–H and O–H groups in total. The van der Waals surface area contributed by atoms with E-state index in [0.717, 1.165) is 25.2 Å². The smallest absolute Gasteiger partial charge is 0.248 e. The first-order valence-electron chi connectivity index (χ1n) is 14.5. The number of aliphatic hydroxyl groups excluding tert-OH is 1. The zero-order valence-electron chi connectivity index (χ0n) is 24.2. The molecule has 3 heterocycles. The first-order valence-corrected chi connectivity index (χ1v) is 15.3. The number of carbonyl (C=O) groups is 3. The van der Waals surface area contributed by atoms with Gasteiger partial charge in [-0.2, -0.15) is 0 Å². The highest BCUT2D eigenvalue weighted by Gasteiger charge is 2.77. The molecule has 0 aromatic heterocycles. The number of ether oxygens (including phenoxy) is 1. The number of rotatable bonds is 11. The van der Waals surface area contributed by atoms with Crippen molar-refractivity contribution in [1.82, 2.24) is 4.90 Å². The quantitative estimate of drug-likeness (QED) is 0.369. The number of likely N-dealkylation sites (tertiary alicyclic amines) is 1. The van der Waals surface area contributed by atoms with Gasteiger partial charge in [0.2, 0.25) is 17.7 Å². The number of thioether (sulfide) groups is 1. The summed E-state index contributed by atoms with van der Waals surface area (Å²) < 4.78 is 4.28. The van der Waals surface area contributed by atoms with Gasteiger partial charge < -0.3 is 30.3 Å². The van der Waals surface area contributed by atoms with Gasteiger partial charge in [0.1, 0.15) is 11.8 Å². The van der Waals surface area contributed by atoms with Gasteiger partial charge in [0.25, 0.3) is 0 Å². The third kappa shape index (κ3) is 5.05. The molecule has 2 aromatic rings. The Balaban J connectivity index is 1.40. The Hall–Kier alpha value is -3.24. The molecule has 41 heavy (non-hydrogen) atoms. The fraction of sp³-hybridized carbons (Fsp3) is 0.516. The van der Waals surface area contributed by atoms with Crippen LogP contribution in [0.3, 0.4) is 0 Å². The van der Waals surface area contributed by atoms with Crippen LogP contribution in [-0.2, 0) is 14.4 Å². The van der Waals surface area contributed by atoms with Crippen molar-refractivity contribution in [2.75, 3.05) is 48.4 Å². The Morgan fingerprint density at radius 3 is 2.20 bits per heavy atom. The highest BCUT2D eigenvalue weighted by molar-refractivity contribution is 8.02. The number of nitrogens with zero attached hydrogens (tertiary/aromatic N) is 2. The molecular formula is C31H40N4O5S. The maximum absolute atomic E-state index is 14.0. The fourth-order valence-corrected chi connectivity index (χ4v) is 9.41. The molecule has 0 saturated carbocycles. The van der Waals surface area contributed by atoms with E-state index in [1.54, 1.807) is 36.0 Å². The summed E-state index contributed by atoms with van der Waals surface area (Å²) in [4.78, 5) is 45.4. The lowest BCUT2D eigenvalue weighted by Crippen LogP contribution is -2.52. The fourth-order valence-electron chi connectivity index (χ4n) is 7.05. The van der Waals surface area contributed by atoms with Crippen LogP contribution in [0.1, 0.15) is 40.5 Å². The van der Waals surface area contributed by atoms with Gasteiger partial charge in [0.05, 0.1) is 29.8 Å². The Morgan fingerprint density at radius 2 is 1.61 bits per heavy atom. The maximum atomic E-state index is 14.0. The molecule has 2 unspecified atom stereocenters. The van der Waals surface area contributed by atoms with Gasteiger partial charge in [-0.25, -0.2) is 0 Å². The largest absolute Gasteiger partial charge is 0.494 e. The zero-order chi connectivity index (χ0) is 29.4. The van der Waals surface area contributed by atoms with Gasteiger partial charge in [0, 0.05) is 41.4 Å². The van der Waals surface area contributed by atoms with E-state index >= 15 is 0 Å². The van der Waals surface area contributed by atoms with Crippen LogP contribution in [0, 0.1) is 11.8 Å². The minimum atomic E-state index is -0.787. The molecule has 0 radical (unpaired) electrons. The van der Waals surface area contributed by atoms with Gasteiger partial charge >= 0.3 is 0 Å². The number of β-amino-alcohol motifs (C(OH)–C–C–N with tert-alkyl or cyclic N) is 1. The van der Waals surface area contributed by atoms with Crippen LogP contribution in [0.25, 0.3) is 0 Å². The lowest BCUT2D eigenvalue weighted by Gasteiger charge is -2.34. The van der Waals surface area contributed by atoms with Crippen LogP contribution in [0.5, 0.6) is 5.75 Å². The zero-order valence-corrected chi connectivity index (χ0v) is 25.0. The molecule has 0 aliphatic carbocycles. The topological polar surface area (TPSA) is 111 Å². The summed E-state index contributed by atoms with van der Waals surface area (Å²) in [5.74, 6) is -1.28. The highest BCUT2D eigenvalue weighted by atomic mass is 32.2. The lowest BCUT2D eigenvalue weighted by atomic mass is 9.66. The number of benzene rings is 2. The van der Waals surface area contributed by atoms with Crippen molar-refractivity contribution in [3.8, 4) is 5.75 Å². The molecule has 3 aliphatic rings. The molecule has 3 aliphatic heterocycles. The van der Waals surface area contributed by atoms with Crippen LogP contribution < -0.4 is 20.3 Å². The molecule has 3 saturated heterocycles. The van der Waals surface area contributed by atoms with Gasteiger partial charge in [0.15, 0.2) is 0 Å². The molecular weight excluding hydrogens is 540 g/mol. The molecule has 2 aromatic carbocycles. The summed E-state index contributed by atoms with van der Waals surface area (Å²) >= 11 is 1.61. The van der Waals surface area contributed by atoms with E-state index in [-0.39, 0.29) is 30.9 Å². The first-order chi connectivity index (χ1) is 19.7. The molecule has 2 bridgehead atoms. The Morgan fingerprint density at radius 1 is 1.00 bits per heavy atom. The van der Waals surface area contributed by atoms with Crippen LogP contribution in [0.4, 0.5) is 17.1 Å². The van der Waals surface area contributed by atoms with E-state index in [4.69, 9.17) is 4.74 Å². The second-order valence-electron chi connectivity index (χ2n) is 11.1. The van der Waals surface area contributed by atoms with Crippen molar-refractivity contribution in [2.45, 2.75) is 56.1 Å². The number of carbonyl (C=O) groups excluding carboxylic acids is 3. The number of hydrogen-bond donors (Lipinski definition) is 3. The summed E-state index contributed by atoms with van der Waals surface area (Å²) in [6.07, 6.45) is 1.37. The lowest BCUT2D eigenvalue weighted by molar-refractivity contribution is -0.139. The highest BCUT2D eigenvalue weighted by Crippen LogP contribution is 2.71. The van der Waals surface area contributed by atoms with Crippen LogP contribution >= 0.6 is 11.8 Å². The van der Waals surface area contributed by atoms with Crippen molar-refractivity contribution >= 4 is 46.5 Å². The van der Waals surface area contributed by atoms with Gasteiger partial charge in [-0.1, -0.05) is 0 Å². The first kappa shape index (κ1) is 29.3. The molecule has 1 spiro atoms. The van der Waals surface area contributed by atoms with Gasteiger partial charge in [-0.3, -0.25) is 14.4 Å². The number of fused-ring (bicyclic) bond motifs is 1. The number of nitrogens with one attached hydrogen (secondary N) is 2. The van der Waals surface area contributed by atoms with Crippen molar-refractivity contribution < 1.29 is 24.2 Å². The molecule has 3 fully saturated rings. The van der Waals surface area contributed by atoms with E-state index < -0.39 is 27.4 Å². The van der Waals surface area contributed by atoms with Crippen molar-refractivity contribution in [3.63, 3.8) is 0 Å². The minimum absolute atomic E-state index is 0.0422. The number of hydrogen-bond acceptors (Lipinski definition) is 7. The van der Waals surface area contributed by atoms with E-state index in [1.807, 2.05) is 38.1 Å². The third-order valence-electron chi connectivity index (χ3n) is 8.84. The van der Waals surface area contributed by atoms with Crippen LogP contribution in [-0.4, -0.2) is 76.1 Å². The van der Waals surface area contributed by atoms with Gasteiger partial charge in [-0.15, -0.1) is 11.8 Å². The predicted octanol–water partition coefficient (Wildman–Crippen LogP) is 3.98. The summed E-state index contributed by atoms with van der Waals surface area (Å²) in [6, 6.07) is 14.1. The maximum Gasteiger partial charge on any atom is 0.248 e. The third-order valence-corrected chi connectivity index (χ3v) is 10.8. The Kier molecular flexibility index (Phi) is 8.25. The van der Waals surface area contributed by atoms with Gasteiger partial charge in [-0.05, 0) is 89.1 Å². The van der Waals surface area contributed by atoms with E-state index in [0.29, 0.717) is 30.2 Å². The summed E-state index contributed by atoms with van der Waals surface area (Å²) in [6.45, 7) is 10.3. The minimum Gasteiger partial charge on any atom is -0.494 e. The van der Waals surface area contributed by atoms with E-state index in [2.05, 4.69) is 29.4 Å². The average molecular weight is 581 g/mol. The van der Waals surface area contributed by atoms with Crippen molar-refractivity contribution in [1.29, 1.82) is 0 Å². The number of anilines is 3. The van der Waals surface area contributed by atoms with E-state index in [9.17, 15) is 19.5 Å². The molecule has 9 nitrogen and oxygen atoms in total. The number of amides is 3. The standard InChI is InChI=1S/C31H40N4O5S/c1-5-34(6-2)22-12-8-20(9-13-22)33-28(38)26-31-17-16-30(4,41-31)24(25(31)29(39)35(26)18-19-36)27(37)32-21-10-14-23(15-11-21)40-7-3/h8-15,24-26,36H,5-7,16-19H2,1-4H3,(H,32,37)(H,33,38)/t24-,25-,26?,30+,31?/m0/s1. The normalized spacial score (nSPS) is 28.0. The molecule has 10 heteroatoms. The van der Waals surface area contributed by atoms with Crippen LogP contribution in [0.2, 0.25) is 0 Å². The second kappa shape index (κ2) is 11.6. The van der Waals surface area contributed by atoms with E-state index in [1.165, 1.54) is 4.90 Å². The molecule has 3 amide bonds. The Labute approximate surface area is 246 Å². The Bertz CT molecular complexity index is 1280. The van der Waals surface area contributed by atoms with Crippen molar-refractivity contribution in [3.05, 3.63) is 48.5 Å².